The van der Waals surface area contributed by atoms with E-state index in [1.165, 1.54) is 0 Å². The number of hydrogen-bond acceptors (Lipinski definition) is 4. The molecule has 0 fully saturated rings. The van der Waals surface area contributed by atoms with E-state index in [0.717, 1.165) is 11.1 Å². The van der Waals surface area contributed by atoms with Crippen molar-refractivity contribution in [1.82, 2.24) is 10.6 Å². The minimum atomic E-state index is -1.27. The molecule has 0 radical (unpaired) electrons. The van der Waals surface area contributed by atoms with Crippen molar-refractivity contribution < 1.29 is 19.1 Å². The van der Waals surface area contributed by atoms with Gasteiger partial charge >= 0.3 is 12.0 Å². The summed E-state index contributed by atoms with van der Waals surface area (Å²) in [5, 5.41) is 4.74. The molecule has 6 heteroatoms. The summed E-state index contributed by atoms with van der Waals surface area (Å²) in [5.74, 6) is -2.02. The van der Waals surface area contributed by atoms with Gasteiger partial charge in [-0.25, -0.2) is 4.79 Å². The van der Waals surface area contributed by atoms with Gasteiger partial charge in [-0.2, -0.15) is 0 Å². The molecule has 0 heterocycles. The van der Waals surface area contributed by atoms with Crippen molar-refractivity contribution in [2.24, 2.45) is 0 Å². The van der Waals surface area contributed by atoms with Crippen LogP contribution in [0.2, 0.25) is 0 Å². The largest absolute Gasteiger partial charge is 0.447 e. The monoisotopic (exact) mass is 416 g/mol. The molecule has 31 heavy (non-hydrogen) atoms. The zero-order chi connectivity index (χ0) is 22.1. The molecule has 0 bridgehead atoms. The summed E-state index contributed by atoms with van der Waals surface area (Å²) >= 11 is 0. The lowest BCUT2D eigenvalue weighted by molar-refractivity contribution is -0.156. The molecule has 3 aromatic carbocycles. The highest BCUT2D eigenvalue weighted by molar-refractivity contribution is 5.98. The van der Waals surface area contributed by atoms with Gasteiger partial charge in [-0.05, 0) is 18.1 Å². The Hall–Kier alpha value is -3.93. The first-order chi connectivity index (χ1) is 15.1. The second kappa shape index (κ2) is 10.7. The Labute approximate surface area is 181 Å². The van der Waals surface area contributed by atoms with E-state index in [4.69, 9.17) is 4.74 Å². The van der Waals surface area contributed by atoms with Gasteiger partial charge in [0.15, 0.2) is 0 Å². The average molecular weight is 416 g/mol. The lowest BCUT2D eigenvalue weighted by Gasteiger charge is -2.22. The van der Waals surface area contributed by atoms with Crippen LogP contribution >= 0.6 is 0 Å². The Morgan fingerprint density at radius 2 is 1.19 bits per heavy atom. The summed E-state index contributed by atoms with van der Waals surface area (Å²) < 4.78 is 5.72. The number of amides is 3. The first-order valence-corrected chi connectivity index (χ1v) is 10.0. The molecule has 6 nitrogen and oxygen atoms in total. The molecule has 0 saturated carbocycles. The minimum Gasteiger partial charge on any atom is -0.447 e. The van der Waals surface area contributed by atoms with Crippen LogP contribution in [-0.4, -0.2) is 24.5 Å². The number of rotatable bonds is 7. The second-order valence-corrected chi connectivity index (χ2v) is 6.83. The highest BCUT2D eigenvalue weighted by atomic mass is 16.5. The van der Waals surface area contributed by atoms with Gasteiger partial charge in [0.1, 0.15) is 5.92 Å². The topological polar surface area (TPSA) is 84.5 Å². The number of carbonyl (C=O) groups excluding carboxylic acids is 3. The predicted octanol–water partition coefficient (Wildman–Crippen LogP) is 3.95. The third-order valence-electron chi connectivity index (χ3n) is 4.65. The molecule has 0 saturated heterocycles. The maximum absolute atomic E-state index is 13.3. The Balaban J connectivity index is 1.92. The van der Waals surface area contributed by atoms with Crippen LogP contribution in [0.3, 0.4) is 0 Å². The molecule has 1 atom stereocenters. The van der Waals surface area contributed by atoms with Gasteiger partial charge in [-0.3, -0.25) is 14.9 Å². The molecule has 0 aliphatic carbocycles. The lowest BCUT2D eigenvalue weighted by atomic mass is 9.91. The molecule has 2 N–H and O–H groups in total. The van der Waals surface area contributed by atoms with E-state index in [0.29, 0.717) is 12.1 Å². The number of nitrogens with one attached hydrogen (secondary N) is 2. The fourth-order valence-corrected chi connectivity index (χ4v) is 3.22. The number of benzene rings is 3. The lowest BCUT2D eigenvalue weighted by Crippen LogP contribution is -2.42. The predicted molar refractivity (Wildman–Crippen MR) is 117 cm³/mol. The molecular formula is C25H24N2O4. The van der Waals surface area contributed by atoms with E-state index in [1.807, 2.05) is 60.7 Å². The van der Waals surface area contributed by atoms with Crippen molar-refractivity contribution in [3.8, 4) is 0 Å². The number of urea groups is 1. The average Bonchev–Trinajstić information content (AvgIpc) is 2.80. The highest BCUT2D eigenvalue weighted by Gasteiger charge is 2.31. The van der Waals surface area contributed by atoms with E-state index in [2.05, 4.69) is 10.6 Å². The van der Waals surface area contributed by atoms with Crippen LogP contribution in [0, 0.1) is 0 Å². The number of esters is 1. The van der Waals surface area contributed by atoms with Crippen molar-refractivity contribution in [3.63, 3.8) is 0 Å². The summed E-state index contributed by atoms with van der Waals surface area (Å²) in [6, 6.07) is 26.4. The van der Waals surface area contributed by atoms with Crippen molar-refractivity contribution in [2.45, 2.75) is 18.9 Å². The summed E-state index contributed by atoms with van der Waals surface area (Å²) in [7, 11) is 0. The molecule has 0 aromatic heterocycles. The first kappa shape index (κ1) is 21.8. The fourth-order valence-electron chi connectivity index (χ4n) is 3.22. The second-order valence-electron chi connectivity index (χ2n) is 6.83. The maximum Gasteiger partial charge on any atom is 0.321 e. The fraction of sp³-hybridized carbons (Fsp3) is 0.160. The summed E-state index contributed by atoms with van der Waals surface area (Å²) in [6.07, 6.45) is -1.27. The first-order valence-electron chi connectivity index (χ1n) is 10.0. The number of hydrogen-bond donors (Lipinski definition) is 2. The zero-order valence-electron chi connectivity index (χ0n) is 17.2. The molecule has 0 aliphatic heterocycles. The molecular weight excluding hydrogens is 392 g/mol. The standard InChI is InChI=1S/C25H24N2O4/c1-2-26-25(30)27-23(28)22(20-16-10-5-11-17-20)31-24(29)21(18-12-6-3-7-13-18)19-14-8-4-9-15-19/h3-17,21-22H,2H2,1H3,(H2,26,27,28,30)/t22-/m1/s1. The van der Waals surface area contributed by atoms with Gasteiger partial charge in [-0.1, -0.05) is 91.0 Å². The Kier molecular flexibility index (Phi) is 7.54. The van der Waals surface area contributed by atoms with Gasteiger partial charge in [0.05, 0.1) is 0 Å². The van der Waals surface area contributed by atoms with Crippen molar-refractivity contribution in [3.05, 3.63) is 108 Å². The van der Waals surface area contributed by atoms with Crippen LogP contribution in [0.5, 0.6) is 0 Å². The molecule has 0 aliphatic rings. The van der Waals surface area contributed by atoms with Crippen molar-refractivity contribution in [1.29, 1.82) is 0 Å². The SMILES string of the molecule is CCNC(=O)NC(=O)[C@H](OC(=O)C(c1ccccc1)c1ccccc1)c1ccccc1. The van der Waals surface area contributed by atoms with Crippen LogP contribution in [0.4, 0.5) is 4.79 Å². The maximum atomic E-state index is 13.3. The van der Waals surface area contributed by atoms with E-state index in [1.54, 1.807) is 37.3 Å². The molecule has 0 unspecified atom stereocenters. The number of ether oxygens (including phenoxy) is 1. The summed E-state index contributed by atoms with van der Waals surface area (Å²) in [4.78, 5) is 38.0. The van der Waals surface area contributed by atoms with Gasteiger partial charge in [0.25, 0.3) is 5.91 Å². The van der Waals surface area contributed by atoms with Crippen LogP contribution in [0.1, 0.15) is 35.6 Å². The smallest absolute Gasteiger partial charge is 0.321 e. The van der Waals surface area contributed by atoms with Crippen LogP contribution < -0.4 is 10.6 Å². The summed E-state index contributed by atoms with van der Waals surface area (Å²) in [5.41, 5.74) is 1.96. The van der Waals surface area contributed by atoms with E-state index >= 15 is 0 Å². The van der Waals surface area contributed by atoms with E-state index in [9.17, 15) is 14.4 Å². The van der Waals surface area contributed by atoms with Gasteiger partial charge in [-0.15, -0.1) is 0 Å². The third-order valence-corrected chi connectivity index (χ3v) is 4.65. The van der Waals surface area contributed by atoms with Crippen LogP contribution in [-0.2, 0) is 14.3 Å². The minimum absolute atomic E-state index is 0.360. The Bertz CT molecular complexity index is 968. The van der Waals surface area contributed by atoms with Crippen molar-refractivity contribution in [2.75, 3.05) is 6.54 Å². The number of imide groups is 1. The van der Waals surface area contributed by atoms with Gasteiger partial charge in [0.2, 0.25) is 6.10 Å². The molecule has 3 amide bonds. The third kappa shape index (κ3) is 5.79. The molecule has 3 aromatic rings. The van der Waals surface area contributed by atoms with Crippen LogP contribution in [0.15, 0.2) is 91.0 Å². The highest BCUT2D eigenvalue weighted by Crippen LogP contribution is 2.29. The number of carbonyl (C=O) groups is 3. The summed E-state index contributed by atoms with van der Waals surface area (Å²) in [6.45, 7) is 2.10. The molecule has 158 valence electrons. The quantitative estimate of drug-likeness (QED) is 0.571. The molecule has 3 rings (SSSR count). The molecule has 0 spiro atoms. The van der Waals surface area contributed by atoms with E-state index in [-0.39, 0.29) is 0 Å². The van der Waals surface area contributed by atoms with E-state index < -0.39 is 29.9 Å². The zero-order valence-corrected chi connectivity index (χ0v) is 17.2. The Morgan fingerprint density at radius 1 is 0.742 bits per heavy atom. The van der Waals surface area contributed by atoms with Crippen molar-refractivity contribution >= 4 is 17.9 Å². The van der Waals surface area contributed by atoms with Gasteiger partial charge < -0.3 is 10.1 Å². The van der Waals surface area contributed by atoms with Crippen LogP contribution in [0.25, 0.3) is 0 Å². The normalized spacial score (nSPS) is 11.4. The Morgan fingerprint density at radius 3 is 1.65 bits per heavy atom. The van der Waals surface area contributed by atoms with Gasteiger partial charge in [0, 0.05) is 12.1 Å².